The first-order valence-electron chi connectivity index (χ1n) is 27.5. The molecule has 0 saturated heterocycles. The lowest BCUT2D eigenvalue weighted by molar-refractivity contribution is -0.887. The normalized spacial score (nSPS) is 13.1. The minimum absolute atomic E-state index is 0.0466. The summed E-state index contributed by atoms with van der Waals surface area (Å²) in [6.07, 6.45) is 57.7. The Labute approximate surface area is 402 Å². The molecule has 8 nitrogen and oxygen atoms in total. The lowest BCUT2D eigenvalue weighted by atomic mass is 10.0. The van der Waals surface area contributed by atoms with Gasteiger partial charge in [0.15, 0.2) is 12.1 Å². The van der Waals surface area contributed by atoms with Crippen LogP contribution in [0.2, 0.25) is 0 Å². The van der Waals surface area contributed by atoms with Crippen LogP contribution in [-0.4, -0.2) is 80.6 Å². The van der Waals surface area contributed by atoms with Crippen LogP contribution in [-0.2, 0) is 28.6 Å². The maximum absolute atomic E-state index is 12.8. The van der Waals surface area contributed by atoms with Crippen molar-refractivity contribution in [1.29, 1.82) is 0 Å². The van der Waals surface area contributed by atoms with Crippen LogP contribution in [0.3, 0.4) is 0 Å². The fourth-order valence-corrected chi connectivity index (χ4v) is 8.34. The fraction of sp³-hybridized carbons (Fsp3) is 0.842. The highest BCUT2D eigenvalue weighted by Crippen LogP contribution is 2.17. The molecule has 0 spiro atoms. The maximum atomic E-state index is 12.8. The van der Waals surface area contributed by atoms with Crippen LogP contribution in [0.1, 0.15) is 258 Å². The Kier molecular flexibility index (Phi) is 46.2. The van der Waals surface area contributed by atoms with E-state index in [2.05, 4.69) is 50.3 Å². The van der Waals surface area contributed by atoms with Gasteiger partial charge in [-0.25, -0.2) is 4.79 Å². The Balaban J connectivity index is 4.16. The first-order chi connectivity index (χ1) is 31.6. The maximum Gasteiger partial charge on any atom is 0.362 e. The number of ether oxygens (including phenoxy) is 3. The summed E-state index contributed by atoms with van der Waals surface area (Å²) in [4.78, 5) is 37.2. The number of aliphatic carboxylic acids is 1. The molecule has 0 heterocycles. The van der Waals surface area contributed by atoms with E-state index in [4.69, 9.17) is 14.2 Å². The van der Waals surface area contributed by atoms with Crippen molar-refractivity contribution in [2.75, 3.05) is 41.0 Å². The van der Waals surface area contributed by atoms with Gasteiger partial charge in [0.25, 0.3) is 0 Å². The first kappa shape index (κ1) is 62.5. The van der Waals surface area contributed by atoms with E-state index in [0.29, 0.717) is 19.3 Å². The van der Waals surface area contributed by atoms with Crippen molar-refractivity contribution in [3.63, 3.8) is 0 Å². The zero-order chi connectivity index (χ0) is 47.7. The Morgan fingerprint density at radius 3 is 1.28 bits per heavy atom. The van der Waals surface area contributed by atoms with E-state index >= 15 is 0 Å². The second-order valence-electron chi connectivity index (χ2n) is 19.8. The van der Waals surface area contributed by atoms with Crippen molar-refractivity contribution < 1.29 is 38.2 Å². The molecule has 0 aromatic rings. The van der Waals surface area contributed by atoms with Gasteiger partial charge in [0.2, 0.25) is 0 Å². The van der Waals surface area contributed by atoms with Crippen LogP contribution in [0, 0.1) is 0 Å². The van der Waals surface area contributed by atoms with Crippen LogP contribution in [0.5, 0.6) is 0 Å². The van der Waals surface area contributed by atoms with Crippen molar-refractivity contribution >= 4 is 17.9 Å². The quantitative estimate of drug-likeness (QED) is 0.0281. The number of allylic oxidation sites excluding steroid dienone is 6. The molecule has 0 aliphatic rings. The second-order valence-corrected chi connectivity index (χ2v) is 19.8. The molecule has 380 valence electrons. The summed E-state index contributed by atoms with van der Waals surface area (Å²) >= 11 is 0. The third-order valence-electron chi connectivity index (χ3n) is 12.6. The van der Waals surface area contributed by atoms with E-state index in [1.54, 1.807) is 0 Å². The van der Waals surface area contributed by atoms with Crippen molar-refractivity contribution in [2.24, 2.45) is 0 Å². The highest BCUT2D eigenvalue weighted by molar-refractivity contribution is 5.72. The molecular formula is C57H106NO7+. The van der Waals surface area contributed by atoms with Crippen molar-refractivity contribution in [1.82, 2.24) is 0 Å². The number of hydrogen-bond donors (Lipinski definition) is 1. The predicted octanol–water partition coefficient (Wildman–Crippen LogP) is 16.1. The third-order valence-corrected chi connectivity index (χ3v) is 12.6. The van der Waals surface area contributed by atoms with Crippen LogP contribution in [0.15, 0.2) is 36.5 Å². The minimum Gasteiger partial charge on any atom is -0.477 e. The molecule has 0 aliphatic carbocycles. The number of carbonyl (C=O) groups excluding carboxylic acids is 2. The van der Waals surface area contributed by atoms with E-state index in [9.17, 15) is 19.5 Å². The van der Waals surface area contributed by atoms with Gasteiger partial charge in [-0.05, 0) is 44.9 Å². The molecule has 0 fully saturated rings. The topological polar surface area (TPSA) is 99.1 Å². The Hall–Kier alpha value is -2.45. The summed E-state index contributed by atoms with van der Waals surface area (Å²) in [7, 11) is 5.55. The smallest absolute Gasteiger partial charge is 0.362 e. The SMILES string of the molecule is CC/C=C/C/C=C/C/C=C/CCCCCCCCCCCCCCCC(=O)OC(COCCC(C(=O)O)[N+](C)(C)C)COC(=O)CCCCCCCCCCCCCCCCCCCC. The fourth-order valence-electron chi connectivity index (χ4n) is 8.34. The average Bonchev–Trinajstić information content (AvgIpc) is 3.27. The molecule has 2 unspecified atom stereocenters. The zero-order valence-electron chi connectivity index (χ0n) is 43.5. The van der Waals surface area contributed by atoms with Gasteiger partial charge in [0.05, 0.1) is 34.4 Å². The predicted molar refractivity (Wildman–Crippen MR) is 275 cm³/mol. The van der Waals surface area contributed by atoms with E-state index < -0.39 is 18.1 Å². The molecular weight excluding hydrogens is 811 g/mol. The molecule has 0 aromatic carbocycles. The highest BCUT2D eigenvalue weighted by Gasteiger charge is 2.31. The third kappa shape index (κ3) is 46.4. The molecule has 0 amide bonds. The van der Waals surface area contributed by atoms with E-state index in [1.165, 1.54) is 167 Å². The van der Waals surface area contributed by atoms with Gasteiger partial charge in [-0.3, -0.25) is 9.59 Å². The summed E-state index contributed by atoms with van der Waals surface area (Å²) in [5.74, 6) is -1.45. The van der Waals surface area contributed by atoms with Crippen LogP contribution >= 0.6 is 0 Å². The van der Waals surface area contributed by atoms with E-state index in [-0.39, 0.29) is 36.2 Å². The summed E-state index contributed by atoms with van der Waals surface area (Å²) < 4.78 is 17.4. The first-order valence-corrected chi connectivity index (χ1v) is 27.5. The number of carboxylic acid groups (broad SMARTS) is 1. The molecule has 1 N–H and O–H groups in total. The molecule has 2 atom stereocenters. The van der Waals surface area contributed by atoms with Gasteiger partial charge in [-0.2, -0.15) is 0 Å². The standard InChI is InChI=1S/C57H105NO7/c1-6-8-10-12-14-16-18-20-22-24-26-27-28-29-30-32-34-36-38-40-42-44-46-48-56(60)65-53(51-63-50-49-54(57(61)62)58(3,4)5)52-64-55(59)47-45-43-41-39-37-35-33-31-25-23-21-19-17-15-13-11-9-7-2/h8,10,14,16,20,22,53-54H,6-7,9,11-13,15,17-19,21,23-52H2,1-5H3/p+1/b10-8+,16-14+,22-20+. The van der Waals surface area contributed by atoms with Crippen molar-refractivity contribution in [3.8, 4) is 0 Å². The molecule has 0 bridgehead atoms. The van der Waals surface area contributed by atoms with Crippen molar-refractivity contribution in [3.05, 3.63) is 36.5 Å². The molecule has 0 radical (unpaired) electrons. The summed E-state index contributed by atoms with van der Waals surface area (Å²) in [5.41, 5.74) is 0. The molecule has 0 aromatic heterocycles. The lowest BCUT2D eigenvalue weighted by Gasteiger charge is -2.31. The van der Waals surface area contributed by atoms with Gasteiger partial charge < -0.3 is 23.8 Å². The molecule has 0 aliphatic heterocycles. The van der Waals surface area contributed by atoms with E-state index in [0.717, 1.165) is 57.8 Å². The Bertz CT molecular complexity index is 1160. The largest absolute Gasteiger partial charge is 0.477 e. The Morgan fingerprint density at radius 2 is 0.862 bits per heavy atom. The average molecular weight is 917 g/mol. The number of carboxylic acids is 1. The van der Waals surface area contributed by atoms with Gasteiger partial charge in [-0.1, -0.05) is 230 Å². The molecule has 0 saturated carbocycles. The number of nitrogens with zero attached hydrogens (tertiary/aromatic N) is 1. The summed E-state index contributed by atoms with van der Waals surface area (Å²) in [5, 5.41) is 9.67. The number of rotatable bonds is 50. The molecule has 8 heteroatoms. The molecule has 65 heavy (non-hydrogen) atoms. The summed E-state index contributed by atoms with van der Waals surface area (Å²) in [6, 6.07) is -0.613. The van der Waals surface area contributed by atoms with Crippen molar-refractivity contribution in [2.45, 2.75) is 270 Å². The number of hydrogen-bond acceptors (Lipinski definition) is 6. The number of carbonyl (C=O) groups is 3. The van der Waals surface area contributed by atoms with E-state index in [1.807, 2.05) is 21.1 Å². The van der Waals surface area contributed by atoms with Crippen LogP contribution < -0.4 is 0 Å². The zero-order valence-corrected chi connectivity index (χ0v) is 43.5. The summed E-state index contributed by atoms with van der Waals surface area (Å²) in [6.45, 7) is 4.68. The van der Waals surface area contributed by atoms with Gasteiger partial charge >= 0.3 is 17.9 Å². The lowest BCUT2D eigenvalue weighted by Crippen LogP contribution is -2.50. The minimum atomic E-state index is -0.871. The monoisotopic (exact) mass is 917 g/mol. The molecule has 0 rings (SSSR count). The number of esters is 2. The number of quaternary nitrogens is 1. The number of likely N-dealkylation sites (N-methyl/N-ethyl adjacent to an activating group) is 1. The highest BCUT2D eigenvalue weighted by atomic mass is 16.6. The van der Waals surface area contributed by atoms with Crippen LogP contribution in [0.25, 0.3) is 0 Å². The van der Waals surface area contributed by atoms with Gasteiger partial charge in [-0.15, -0.1) is 0 Å². The van der Waals surface area contributed by atoms with Gasteiger partial charge in [0, 0.05) is 19.3 Å². The second kappa shape index (κ2) is 48.0. The number of unbranched alkanes of at least 4 members (excludes halogenated alkanes) is 30. The Morgan fingerprint density at radius 1 is 0.477 bits per heavy atom. The van der Waals surface area contributed by atoms with Gasteiger partial charge in [0.1, 0.15) is 6.61 Å². The van der Waals surface area contributed by atoms with Crippen LogP contribution in [0.4, 0.5) is 0 Å².